The molecule has 1 aliphatic rings. The lowest BCUT2D eigenvalue weighted by Crippen LogP contribution is -2.60. The van der Waals surface area contributed by atoms with Crippen molar-refractivity contribution in [1.82, 2.24) is 20.3 Å². The van der Waals surface area contributed by atoms with Crippen LogP contribution in [0, 0.1) is 10.1 Å². The molecule has 26 heavy (non-hydrogen) atoms. The zero-order valence-electron chi connectivity index (χ0n) is 15.2. The summed E-state index contributed by atoms with van der Waals surface area (Å²) in [5.41, 5.74) is -0.330. The molecule has 0 unspecified atom stereocenters. The van der Waals surface area contributed by atoms with Gasteiger partial charge < -0.3 is 16.0 Å². The fourth-order valence-electron chi connectivity index (χ4n) is 3.75. The van der Waals surface area contributed by atoms with Gasteiger partial charge in [0.1, 0.15) is 6.33 Å². The molecule has 2 aromatic heterocycles. The van der Waals surface area contributed by atoms with Gasteiger partial charge in [0.2, 0.25) is 11.6 Å². The first-order valence-electron chi connectivity index (χ1n) is 8.37. The van der Waals surface area contributed by atoms with Crippen molar-refractivity contribution in [2.24, 2.45) is 0 Å². The standard InChI is InChI=1S/C16H23N7O2S/c1-15(2)7-10(8-16(3,4)22-15)20-12-11(23(24)25)13(19-9-18-12)21-14-17-5-6-26-14/h5-6,9-10,22H,7-8H2,1-4H3,(H2,17,18,19,20,21). The third-order valence-electron chi connectivity index (χ3n) is 4.19. The van der Waals surface area contributed by atoms with Gasteiger partial charge in [-0.2, -0.15) is 0 Å². The van der Waals surface area contributed by atoms with Crippen LogP contribution >= 0.6 is 11.3 Å². The molecule has 3 heterocycles. The van der Waals surface area contributed by atoms with E-state index in [-0.39, 0.29) is 34.4 Å². The lowest BCUT2D eigenvalue weighted by Gasteiger charge is -2.46. The number of piperidine rings is 1. The Morgan fingerprint density at radius 2 is 1.85 bits per heavy atom. The summed E-state index contributed by atoms with van der Waals surface area (Å²) in [6.45, 7) is 8.53. The van der Waals surface area contributed by atoms with Crippen LogP contribution in [0.3, 0.4) is 0 Å². The first kappa shape index (κ1) is 18.5. The summed E-state index contributed by atoms with van der Waals surface area (Å²) in [7, 11) is 0. The molecule has 0 atom stereocenters. The number of hydrogen-bond donors (Lipinski definition) is 3. The van der Waals surface area contributed by atoms with E-state index in [1.54, 1.807) is 11.6 Å². The molecule has 0 radical (unpaired) electrons. The molecular weight excluding hydrogens is 354 g/mol. The Hall–Kier alpha value is -2.33. The highest BCUT2D eigenvalue weighted by molar-refractivity contribution is 7.13. The van der Waals surface area contributed by atoms with E-state index >= 15 is 0 Å². The zero-order valence-corrected chi connectivity index (χ0v) is 16.1. The number of nitrogens with one attached hydrogen (secondary N) is 3. The van der Waals surface area contributed by atoms with Gasteiger partial charge in [0.25, 0.3) is 0 Å². The van der Waals surface area contributed by atoms with Crippen LogP contribution in [0.25, 0.3) is 0 Å². The maximum Gasteiger partial charge on any atom is 0.353 e. The molecule has 2 aromatic rings. The summed E-state index contributed by atoms with van der Waals surface area (Å²) in [6.07, 6.45) is 4.60. The summed E-state index contributed by atoms with van der Waals surface area (Å²) >= 11 is 1.35. The normalized spacial score (nSPS) is 19.1. The first-order chi connectivity index (χ1) is 12.2. The SMILES string of the molecule is CC1(C)CC(Nc2ncnc(Nc3nccs3)c2[N+](=O)[O-])CC(C)(C)N1. The summed E-state index contributed by atoms with van der Waals surface area (Å²) in [4.78, 5) is 23.5. The molecule has 0 saturated carbocycles. The largest absolute Gasteiger partial charge is 0.361 e. The highest BCUT2D eigenvalue weighted by Gasteiger charge is 2.38. The minimum absolute atomic E-state index is 0.0579. The summed E-state index contributed by atoms with van der Waals surface area (Å²) < 4.78 is 0. The fourth-order valence-corrected chi connectivity index (χ4v) is 4.28. The van der Waals surface area contributed by atoms with Gasteiger partial charge in [-0.1, -0.05) is 0 Å². The molecule has 3 N–H and O–H groups in total. The van der Waals surface area contributed by atoms with Crippen molar-refractivity contribution >= 4 is 33.8 Å². The maximum absolute atomic E-state index is 11.7. The van der Waals surface area contributed by atoms with E-state index in [1.807, 2.05) is 0 Å². The molecule has 0 aromatic carbocycles. The number of nitro groups is 1. The van der Waals surface area contributed by atoms with E-state index in [0.29, 0.717) is 5.13 Å². The lowest BCUT2D eigenvalue weighted by molar-refractivity contribution is -0.383. The fraction of sp³-hybridized carbons (Fsp3) is 0.562. The zero-order chi connectivity index (χ0) is 18.9. The smallest absolute Gasteiger partial charge is 0.353 e. The third-order valence-corrected chi connectivity index (χ3v) is 4.88. The number of thiazole rings is 1. The molecular formula is C16H23N7O2S. The second-order valence-corrected chi connectivity index (χ2v) is 8.68. The van der Waals surface area contributed by atoms with Crippen LogP contribution < -0.4 is 16.0 Å². The van der Waals surface area contributed by atoms with E-state index in [2.05, 4.69) is 58.6 Å². The van der Waals surface area contributed by atoms with Gasteiger partial charge in [-0.05, 0) is 40.5 Å². The van der Waals surface area contributed by atoms with Gasteiger partial charge in [-0.25, -0.2) is 15.0 Å². The van der Waals surface area contributed by atoms with Gasteiger partial charge in [0.15, 0.2) is 5.13 Å². The van der Waals surface area contributed by atoms with E-state index in [9.17, 15) is 10.1 Å². The van der Waals surface area contributed by atoms with E-state index < -0.39 is 4.92 Å². The van der Waals surface area contributed by atoms with E-state index in [4.69, 9.17) is 0 Å². The molecule has 3 rings (SSSR count). The highest BCUT2D eigenvalue weighted by atomic mass is 32.1. The van der Waals surface area contributed by atoms with Crippen LogP contribution in [-0.4, -0.2) is 37.0 Å². The van der Waals surface area contributed by atoms with Crippen LogP contribution in [0.5, 0.6) is 0 Å². The van der Waals surface area contributed by atoms with Crippen molar-refractivity contribution in [2.75, 3.05) is 10.6 Å². The molecule has 0 bridgehead atoms. The Kier molecular flexibility index (Phi) is 4.80. The van der Waals surface area contributed by atoms with Gasteiger partial charge in [0, 0.05) is 28.7 Å². The predicted molar refractivity (Wildman–Crippen MR) is 102 cm³/mol. The maximum atomic E-state index is 11.7. The third kappa shape index (κ3) is 4.25. The molecule has 1 aliphatic heterocycles. The minimum atomic E-state index is -0.463. The van der Waals surface area contributed by atoms with Crippen molar-refractivity contribution in [3.8, 4) is 0 Å². The molecule has 10 heteroatoms. The molecule has 140 valence electrons. The van der Waals surface area contributed by atoms with Gasteiger partial charge >= 0.3 is 5.69 Å². The second kappa shape index (κ2) is 6.76. The molecule has 0 amide bonds. The van der Waals surface area contributed by atoms with Crippen molar-refractivity contribution < 1.29 is 4.92 Å². The predicted octanol–water partition coefficient (Wildman–Crippen LogP) is 3.31. The lowest BCUT2D eigenvalue weighted by atomic mass is 9.79. The van der Waals surface area contributed by atoms with Gasteiger partial charge in [-0.15, -0.1) is 11.3 Å². The van der Waals surface area contributed by atoms with Gasteiger partial charge in [0.05, 0.1) is 4.92 Å². The van der Waals surface area contributed by atoms with E-state index in [0.717, 1.165) is 12.8 Å². The monoisotopic (exact) mass is 377 g/mol. The number of anilines is 3. The number of hydrogen-bond acceptors (Lipinski definition) is 9. The van der Waals surface area contributed by atoms with Crippen LogP contribution in [0.15, 0.2) is 17.9 Å². The summed E-state index contributed by atoms with van der Waals surface area (Å²) in [5.74, 6) is 0.359. The first-order valence-corrected chi connectivity index (χ1v) is 9.25. The molecule has 0 spiro atoms. The molecule has 0 aliphatic carbocycles. The van der Waals surface area contributed by atoms with Crippen molar-refractivity contribution in [1.29, 1.82) is 0 Å². The van der Waals surface area contributed by atoms with Crippen molar-refractivity contribution in [3.05, 3.63) is 28.0 Å². The van der Waals surface area contributed by atoms with Crippen LogP contribution in [0.1, 0.15) is 40.5 Å². The van der Waals surface area contributed by atoms with Crippen molar-refractivity contribution in [2.45, 2.75) is 57.7 Å². The quantitative estimate of drug-likeness (QED) is 0.536. The number of aromatic nitrogens is 3. The molecule has 1 saturated heterocycles. The summed E-state index contributed by atoms with van der Waals surface area (Å²) in [5, 5.41) is 23.8. The highest BCUT2D eigenvalue weighted by Crippen LogP contribution is 2.35. The molecule has 1 fully saturated rings. The Morgan fingerprint density at radius 3 is 2.42 bits per heavy atom. The average Bonchev–Trinajstić information content (AvgIpc) is 2.96. The average molecular weight is 377 g/mol. The molecule has 9 nitrogen and oxygen atoms in total. The topological polar surface area (TPSA) is 118 Å². The number of rotatable bonds is 5. The number of nitrogens with zero attached hydrogens (tertiary/aromatic N) is 4. The Bertz CT molecular complexity index is 776. The Morgan fingerprint density at radius 1 is 1.19 bits per heavy atom. The minimum Gasteiger partial charge on any atom is -0.361 e. The van der Waals surface area contributed by atoms with Crippen LogP contribution in [0.4, 0.5) is 22.5 Å². The van der Waals surface area contributed by atoms with E-state index in [1.165, 1.54) is 17.7 Å². The van der Waals surface area contributed by atoms with Crippen molar-refractivity contribution in [3.63, 3.8) is 0 Å². The van der Waals surface area contributed by atoms with Crippen LogP contribution in [-0.2, 0) is 0 Å². The van der Waals surface area contributed by atoms with Gasteiger partial charge in [-0.3, -0.25) is 10.1 Å². The second-order valence-electron chi connectivity index (χ2n) is 7.78. The Labute approximate surface area is 155 Å². The summed E-state index contributed by atoms with van der Waals surface area (Å²) in [6, 6.07) is 0.0579. The Balaban J connectivity index is 1.89. The van der Waals surface area contributed by atoms with Crippen LogP contribution in [0.2, 0.25) is 0 Å².